The van der Waals surface area contributed by atoms with Crippen LogP contribution in [0.5, 0.6) is 0 Å². The van der Waals surface area contributed by atoms with Crippen LogP contribution in [0.2, 0.25) is 0 Å². The second-order valence-corrected chi connectivity index (χ2v) is 11.8. The lowest BCUT2D eigenvalue weighted by atomic mass is 9.44. The van der Waals surface area contributed by atoms with Gasteiger partial charge in [0.05, 0.1) is 0 Å². The van der Waals surface area contributed by atoms with E-state index < -0.39 is 0 Å². The van der Waals surface area contributed by atoms with Gasteiger partial charge >= 0.3 is 0 Å². The van der Waals surface area contributed by atoms with Crippen molar-refractivity contribution in [1.82, 2.24) is 0 Å². The minimum absolute atomic E-state index is 0.494. The lowest BCUT2D eigenvalue weighted by molar-refractivity contribution is -0.0818. The predicted molar refractivity (Wildman–Crippen MR) is 113 cm³/mol. The van der Waals surface area contributed by atoms with Crippen LogP contribution in [0.3, 0.4) is 0 Å². The average Bonchev–Trinajstić information content (AvgIpc) is 2.70. The maximum Gasteiger partial charge on any atom is -0.00851 e. The van der Waals surface area contributed by atoms with Crippen molar-refractivity contribution in [1.29, 1.82) is 0 Å². The van der Waals surface area contributed by atoms with E-state index in [1.807, 2.05) is 5.57 Å². The molecule has 0 spiro atoms. The molecule has 3 saturated carbocycles. The molecule has 0 aromatic carbocycles. The molecule has 0 heterocycles. The van der Waals surface area contributed by atoms with Crippen molar-refractivity contribution in [2.24, 2.45) is 39.9 Å². The van der Waals surface area contributed by atoms with E-state index in [0.717, 1.165) is 23.7 Å². The molecule has 3 fully saturated rings. The second kappa shape index (κ2) is 6.25. The number of fused-ring (bicyclic) bond motifs is 5. The molecule has 0 heteroatoms. The van der Waals surface area contributed by atoms with Crippen molar-refractivity contribution in [2.45, 2.75) is 98.8 Å². The topological polar surface area (TPSA) is 0 Å². The SMILES string of the molecule is C=C(C)C1CCCC2C3CC=C4CCC(C)(C)CCC4(C)C3CCC12C. The molecule has 0 N–H and O–H groups in total. The number of hydrogen-bond acceptors (Lipinski definition) is 0. The van der Waals surface area contributed by atoms with Gasteiger partial charge in [0.15, 0.2) is 0 Å². The van der Waals surface area contributed by atoms with Gasteiger partial charge in [-0.25, -0.2) is 0 Å². The Morgan fingerprint density at radius 1 is 0.962 bits per heavy atom. The fourth-order valence-electron chi connectivity index (χ4n) is 8.09. The Balaban J connectivity index is 1.66. The summed E-state index contributed by atoms with van der Waals surface area (Å²) < 4.78 is 0. The fraction of sp³-hybridized carbons (Fsp3) is 0.846. The van der Waals surface area contributed by atoms with E-state index in [4.69, 9.17) is 0 Å². The van der Waals surface area contributed by atoms with Crippen LogP contribution < -0.4 is 0 Å². The van der Waals surface area contributed by atoms with Crippen LogP contribution >= 0.6 is 0 Å². The zero-order chi connectivity index (χ0) is 18.7. The lowest BCUT2D eigenvalue weighted by Gasteiger charge is -2.61. The van der Waals surface area contributed by atoms with Crippen LogP contribution in [0.4, 0.5) is 0 Å². The highest BCUT2D eigenvalue weighted by Gasteiger charge is 2.56. The smallest absolute Gasteiger partial charge is 0.00851 e. The minimum Gasteiger partial charge on any atom is -0.0998 e. The van der Waals surface area contributed by atoms with Crippen LogP contribution in [-0.2, 0) is 0 Å². The Morgan fingerprint density at radius 3 is 2.46 bits per heavy atom. The number of allylic oxidation sites excluding steroid dienone is 3. The summed E-state index contributed by atoms with van der Waals surface area (Å²) in [6.45, 7) is 17.0. The normalized spacial score (nSPS) is 47.7. The molecule has 0 bridgehead atoms. The number of hydrogen-bond donors (Lipinski definition) is 0. The zero-order valence-electron chi connectivity index (χ0n) is 18.2. The molecule has 6 atom stereocenters. The minimum atomic E-state index is 0.494. The summed E-state index contributed by atoms with van der Waals surface area (Å²) in [5.41, 5.74) is 4.87. The van der Waals surface area contributed by atoms with Gasteiger partial charge in [-0.15, -0.1) is 0 Å². The van der Waals surface area contributed by atoms with E-state index in [9.17, 15) is 0 Å². The van der Waals surface area contributed by atoms with Gasteiger partial charge in [0.1, 0.15) is 0 Å². The summed E-state index contributed by atoms with van der Waals surface area (Å²) in [5.74, 6) is 3.58. The monoisotopic (exact) mass is 354 g/mol. The van der Waals surface area contributed by atoms with E-state index in [1.165, 1.54) is 69.8 Å². The Hall–Kier alpha value is -0.520. The highest BCUT2D eigenvalue weighted by atomic mass is 14.6. The van der Waals surface area contributed by atoms with E-state index in [-0.39, 0.29) is 0 Å². The first-order chi connectivity index (χ1) is 12.2. The summed E-state index contributed by atoms with van der Waals surface area (Å²) in [5, 5.41) is 0. The highest BCUT2D eigenvalue weighted by molar-refractivity contribution is 5.24. The van der Waals surface area contributed by atoms with E-state index >= 15 is 0 Å². The number of rotatable bonds is 1. The summed E-state index contributed by atoms with van der Waals surface area (Å²) in [4.78, 5) is 0. The molecule has 0 nitrogen and oxygen atoms in total. The molecular formula is C26H42. The molecule has 0 amide bonds. The van der Waals surface area contributed by atoms with Gasteiger partial charge in [-0.2, -0.15) is 0 Å². The van der Waals surface area contributed by atoms with Crippen LogP contribution in [-0.4, -0.2) is 0 Å². The van der Waals surface area contributed by atoms with Gasteiger partial charge in [-0.05, 0) is 105 Å². The Morgan fingerprint density at radius 2 is 1.73 bits per heavy atom. The Bertz CT molecular complexity index is 608. The fourth-order valence-corrected chi connectivity index (χ4v) is 8.09. The molecule has 0 saturated heterocycles. The van der Waals surface area contributed by atoms with Crippen molar-refractivity contribution in [3.8, 4) is 0 Å². The van der Waals surface area contributed by atoms with Gasteiger partial charge in [0.25, 0.3) is 0 Å². The summed E-state index contributed by atoms with van der Waals surface area (Å²) >= 11 is 0. The molecule has 0 aromatic heterocycles. The first-order valence-corrected chi connectivity index (χ1v) is 11.5. The van der Waals surface area contributed by atoms with Gasteiger partial charge in [0.2, 0.25) is 0 Å². The first-order valence-electron chi connectivity index (χ1n) is 11.5. The molecule has 4 aliphatic rings. The molecule has 0 aromatic rings. The van der Waals surface area contributed by atoms with Crippen molar-refractivity contribution < 1.29 is 0 Å². The molecular weight excluding hydrogens is 312 g/mol. The third kappa shape index (κ3) is 2.77. The van der Waals surface area contributed by atoms with Crippen LogP contribution in [0.25, 0.3) is 0 Å². The molecule has 146 valence electrons. The van der Waals surface area contributed by atoms with Gasteiger partial charge < -0.3 is 0 Å². The molecule has 4 rings (SSSR count). The lowest BCUT2D eigenvalue weighted by Crippen LogP contribution is -2.53. The van der Waals surface area contributed by atoms with E-state index in [0.29, 0.717) is 16.2 Å². The second-order valence-electron chi connectivity index (χ2n) is 11.8. The van der Waals surface area contributed by atoms with E-state index in [2.05, 4.69) is 47.3 Å². The quantitative estimate of drug-likeness (QED) is 0.419. The Kier molecular flexibility index (Phi) is 4.52. The van der Waals surface area contributed by atoms with Gasteiger partial charge in [-0.1, -0.05) is 57.9 Å². The average molecular weight is 355 g/mol. The third-order valence-electron chi connectivity index (χ3n) is 9.85. The molecule has 0 radical (unpaired) electrons. The molecule has 26 heavy (non-hydrogen) atoms. The maximum absolute atomic E-state index is 4.41. The van der Waals surface area contributed by atoms with Crippen LogP contribution in [0, 0.1) is 39.9 Å². The summed E-state index contributed by atoms with van der Waals surface area (Å²) in [6.07, 6.45) is 16.9. The standard InChI is InChI=1S/C26H42/c1-18(2)21-8-7-9-22-20-11-10-19-12-14-24(3,4)16-17-25(19,5)23(20)13-15-26(21,22)6/h10,20-23H,1,7-9,11-17H2,2-6H3. The van der Waals surface area contributed by atoms with Gasteiger partial charge in [0, 0.05) is 0 Å². The largest absolute Gasteiger partial charge is 0.0998 e. The molecule has 0 aliphatic heterocycles. The van der Waals surface area contributed by atoms with Gasteiger partial charge in [-0.3, -0.25) is 0 Å². The van der Waals surface area contributed by atoms with Crippen molar-refractivity contribution >= 4 is 0 Å². The van der Waals surface area contributed by atoms with Crippen molar-refractivity contribution in [3.63, 3.8) is 0 Å². The zero-order valence-corrected chi connectivity index (χ0v) is 18.2. The highest BCUT2D eigenvalue weighted by Crippen LogP contribution is 2.66. The van der Waals surface area contributed by atoms with Crippen molar-refractivity contribution in [2.75, 3.05) is 0 Å². The van der Waals surface area contributed by atoms with Crippen molar-refractivity contribution in [3.05, 3.63) is 23.8 Å². The van der Waals surface area contributed by atoms with Crippen LogP contribution in [0.1, 0.15) is 98.8 Å². The Labute approximate surface area is 162 Å². The maximum atomic E-state index is 4.41. The summed E-state index contributed by atoms with van der Waals surface area (Å²) in [6, 6.07) is 0. The first kappa shape index (κ1) is 18.8. The summed E-state index contributed by atoms with van der Waals surface area (Å²) in [7, 11) is 0. The van der Waals surface area contributed by atoms with E-state index in [1.54, 1.807) is 0 Å². The molecule has 6 unspecified atom stereocenters. The predicted octanol–water partition coefficient (Wildman–Crippen LogP) is 7.95. The third-order valence-corrected chi connectivity index (χ3v) is 9.85. The van der Waals surface area contributed by atoms with Crippen LogP contribution in [0.15, 0.2) is 23.8 Å². The molecule has 4 aliphatic carbocycles.